The van der Waals surface area contributed by atoms with Gasteiger partial charge in [-0.1, -0.05) is 149 Å². The average molecular weight is 542 g/mol. The van der Waals surface area contributed by atoms with E-state index in [9.17, 15) is 0 Å². The molecule has 41 heavy (non-hydrogen) atoms. The molecule has 0 radical (unpaired) electrons. The fourth-order valence-electron chi connectivity index (χ4n) is 5.43. The fraction of sp³-hybridized carbons (Fsp3) is 0.289. The first-order valence-corrected chi connectivity index (χ1v) is 15.0. The number of imidazole rings is 1. The quantitative estimate of drug-likeness (QED) is 0.166. The number of unbranched alkanes of at least 4 members (excludes halogenated alkanes) is 1. The van der Waals surface area contributed by atoms with E-state index in [1.165, 1.54) is 33.5 Å². The molecule has 0 unspecified atom stereocenters. The van der Waals surface area contributed by atoms with Crippen LogP contribution in [0.15, 0.2) is 115 Å². The molecular formula is C38H43N3. The van der Waals surface area contributed by atoms with E-state index in [1.54, 1.807) is 0 Å². The van der Waals surface area contributed by atoms with Crippen molar-refractivity contribution in [3.63, 3.8) is 0 Å². The van der Waals surface area contributed by atoms with Gasteiger partial charge in [0.25, 0.3) is 0 Å². The molecule has 0 aliphatic rings. The van der Waals surface area contributed by atoms with Crippen molar-refractivity contribution in [1.29, 1.82) is 0 Å². The van der Waals surface area contributed by atoms with Gasteiger partial charge in [-0.05, 0) is 28.5 Å². The highest BCUT2D eigenvalue weighted by atomic mass is 15.2. The minimum atomic E-state index is 0.145. The number of aromatic nitrogens is 2. The van der Waals surface area contributed by atoms with Gasteiger partial charge in [-0.25, -0.2) is 4.98 Å². The van der Waals surface area contributed by atoms with E-state index in [0.717, 1.165) is 50.5 Å². The second kappa shape index (κ2) is 13.1. The van der Waals surface area contributed by atoms with Crippen LogP contribution in [0.4, 0.5) is 0 Å². The third kappa shape index (κ3) is 7.23. The Hall–Kier alpha value is -3.95. The molecule has 1 heterocycles. The standard InChI is InChI=1S/C38H43N3/c1-5-6-26-41-35(36(32-18-12-8-13-19-32)39-37(41)33-20-14-9-15-21-33)29-40(27-30-16-10-7-11-17-30)28-31-22-24-34(25-23-31)38(2,3)4/h7-25H,5-6,26-29H2,1-4H3. The van der Waals surface area contributed by atoms with E-state index < -0.39 is 0 Å². The van der Waals surface area contributed by atoms with Crippen molar-refractivity contribution >= 4 is 0 Å². The Kier molecular flexibility index (Phi) is 9.16. The van der Waals surface area contributed by atoms with Crippen LogP contribution in [-0.2, 0) is 31.6 Å². The summed E-state index contributed by atoms with van der Waals surface area (Å²) in [4.78, 5) is 7.92. The van der Waals surface area contributed by atoms with Crippen LogP contribution in [0.1, 0.15) is 62.9 Å². The van der Waals surface area contributed by atoms with Crippen LogP contribution in [0.3, 0.4) is 0 Å². The van der Waals surface area contributed by atoms with Gasteiger partial charge < -0.3 is 4.57 Å². The molecule has 0 atom stereocenters. The van der Waals surface area contributed by atoms with Crippen LogP contribution in [0.5, 0.6) is 0 Å². The molecule has 0 saturated heterocycles. The zero-order valence-corrected chi connectivity index (χ0v) is 25.1. The molecule has 3 heteroatoms. The van der Waals surface area contributed by atoms with Gasteiger partial charge >= 0.3 is 0 Å². The molecule has 210 valence electrons. The molecule has 0 bridgehead atoms. The van der Waals surface area contributed by atoms with Gasteiger partial charge in [-0.3, -0.25) is 4.90 Å². The first kappa shape index (κ1) is 28.6. The topological polar surface area (TPSA) is 21.1 Å². The van der Waals surface area contributed by atoms with Crippen molar-refractivity contribution in [2.45, 2.75) is 72.1 Å². The van der Waals surface area contributed by atoms with Gasteiger partial charge in [-0.15, -0.1) is 0 Å². The van der Waals surface area contributed by atoms with Crippen molar-refractivity contribution in [2.75, 3.05) is 0 Å². The molecule has 0 spiro atoms. The maximum absolute atomic E-state index is 5.35. The summed E-state index contributed by atoms with van der Waals surface area (Å²) >= 11 is 0. The van der Waals surface area contributed by atoms with E-state index in [-0.39, 0.29) is 5.41 Å². The molecule has 5 aromatic rings. The van der Waals surface area contributed by atoms with E-state index in [1.807, 2.05) is 0 Å². The number of nitrogens with zero attached hydrogens (tertiary/aromatic N) is 3. The van der Waals surface area contributed by atoms with Crippen LogP contribution >= 0.6 is 0 Å². The highest BCUT2D eigenvalue weighted by molar-refractivity contribution is 5.68. The van der Waals surface area contributed by atoms with E-state index in [4.69, 9.17) is 4.98 Å². The highest BCUT2D eigenvalue weighted by Crippen LogP contribution is 2.32. The number of benzene rings is 4. The van der Waals surface area contributed by atoms with Crippen molar-refractivity contribution in [3.8, 4) is 22.6 Å². The lowest BCUT2D eigenvalue weighted by molar-refractivity contribution is 0.241. The maximum Gasteiger partial charge on any atom is 0.140 e. The lowest BCUT2D eigenvalue weighted by Gasteiger charge is -2.25. The molecular weight excluding hydrogens is 498 g/mol. The predicted octanol–water partition coefficient (Wildman–Crippen LogP) is 9.52. The lowest BCUT2D eigenvalue weighted by atomic mass is 9.87. The van der Waals surface area contributed by atoms with Crippen LogP contribution in [0.25, 0.3) is 22.6 Å². The van der Waals surface area contributed by atoms with Gasteiger partial charge in [0.15, 0.2) is 0 Å². The Morgan fingerprint density at radius 3 is 1.73 bits per heavy atom. The van der Waals surface area contributed by atoms with Gasteiger partial charge in [0.1, 0.15) is 5.82 Å². The summed E-state index contributed by atoms with van der Waals surface area (Å²) in [5, 5.41) is 0. The minimum Gasteiger partial charge on any atom is -0.326 e. The summed E-state index contributed by atoms with van der Waals surface area (Å²) in [6, 6.07) is 41.4. The van der Waals surface area contributed by atoms with Gasteiger partial charge in [0, 0.05) is 37.3 Å². The zero-order valence-electron chi connectivity index (χ0n) is 25.1. The summed E-state index contributed by atoms with van der Waals surface area (Å²) in [7, 11) is 0. The average Bonchev–Trinajstić information content (AvgIpc) is 3.35. The Bertz CT molecular complexity index is 1500. The summed E-state index contributed by atoms with van der Waals surface area (Å²) < 4.78 is 2.49. The van der Waals surface area contributed by atoms with Crippen LogP contribution in [0, 0.1) is 0 Å². The monoisotopic (exact) mass is 541 g/mol. The normalized spacial score (nSPS) is 11.7. The summed E-state index contributed by atoms with van der Waals surface area (Å²) in [5.41, 5.74) is 8.87. The number of hydrogen-bond acceptors (Lipinski definition) is 2. The Labute approximate surface area is 246 Å². The van der Waals surface area contributed by atoms with E-state index >= 15 is 0 Å². The summed E-state index contributed by atoms with van der Waals surface area (Å²) in [5.74, 6) is 1.06. The van der Waals surface area contributed by atoms with Crippen LogP contribution in [0.2, 0.25) is 0 Å². The molecule has 0 N–H and O–H groups in total. The second-order valence-electron chi connectivity index (χ2n) is 12.0. The van der Waals surface area contributed by atoms with E-state index in [0.29, 0.717) is 0 Å². The molecule has 0 saturated carbocycles. The van der Waals surface area contributed by atoms with Gasteiger partial charge in [-0.2, -0.15) is 0 Å². The SMILES string of the molecule is CCCCn1c(-c2ccccc2)nc(-c2ccccc2)c1CN(Cc1ccccc1)Cc1ccc(C(C)(C)C)cc1. The van der Waals surface area contributed by atoms with Crippen molar-refractivity contribution < 1.29 is 0 Å². The number of hydrogen-bond donors (Lipinski definition) is 0. The smallest absolute Gasteiger partial charge is 0.140 e. The van der Waals surface area contributed by atoms with Gasteiger partial charge in [0.05, 0.1) is 11.4 Å². The molecule has 0 aliphatic carbocycles. The fourth-order valence-corrected chi connectivity index (χ4v) is 5.43. The van der Waals surface area contributed by atoms with Crippen LogP contribution in [-0.4, -0.2) is 14.5 Å². The highest BCUT2D eigenvalue weighted by Gasteiger charge is 2.22. The summed E-state index contributed by atoms with van der Waals surface area (Å²) in [6.45, 7) is 12.6. The minimum absolute atomic E-state index is 0.145. The second-order valence-corrected chi connectivity index (χ2v) is 12.0. The zero-order chi connectivity index (χ0) is 28.7. The molecule has 0 amide bonds. The molecule has 0 aliphatic heterocycles. The molecule has 3 nitrogen and oxygen atoms in total. The molecule has 0 fully saturated rings. The van der Waals surface area contributed by atoms with Crippen LogP contribution < -0.4 is 0 Å². The largest absolute Gasteiger partial charge is 0.326 e. The molecule has 1 aromatic heterocycles. The predicted molar refractivity (Wildman–Crippen MR) is 173 cm³/mol. The number of rotatable bonds is 11. The van der Waals surface area contributed by atoms with Crippen molar-refractivity contribution in [2.24, 2.45) is 0 Å². The molecule has 5 rings (SSSR count). The van der Waals surface area contributed by atoms with E-state index in [2.05, 4.69) is 152 Å². The maximum atomic E-state index is 5.35. The summed E-state index contributed by atoms with van der Waals surface area (Å²) in [6.07, 6.45) is 2.25. The Morgan fingerprint density at radius 2 is 1.17 bits per heavy atom. The molecule has 4 aromatic carbocycles. The first-order chi connectivity index (χ1) is 19.9. The Morgan fingerprint density at radius 1 is 0.634 bits per heavy atom. The lowest BCUT2D eigenvalue weighted by Crippen LogP contribution is -2.24. The first-order valence-electron chi connectivity index (χ1n) is 15.0. The Balaban J connectivity index is 1.58. The van der Waals surface area contributed by atoms with Crippen molar-refractivity contribution in [1.82, 2.24) is 14.5 Å². The third-order valence-corrected chi connectivity index (χ3v) is 7.74. The third-order valence-electron chi connectivity index (χ3n) is 7.74. The van der Waals surface area contributed by atoms with Gasteiger partial charge in [0.2, 0.25) is 0 Å². The van der Waals surface area contributed by atoms with Crippen molar-refractivity contribution in [3.05, 3.63) is 138 Å².